The number of rotatable bonds is 7. The van der Waals surface area contributed by atoms with Crippen LogP contribution in [0.25, 0.3) is 21.3 Å². The quantitative estimate of drug-likeness (QED) is 0.416. The van der Waals surface area contributed by atoms with Crippen molar-refractivity contribution in [2.45, 2.75) is 26.8 Å². The van der Waals surface area contributed by atoms with Crippen LogP contribution in [0.4, 0.5) is 5.13 Å². The first-order valence-corrected chi connectivity index (χ1v) is 11.6. The SMILES string of the molecule is CCOC(=O)Cc1csc(NC(=O)Cn2cnc3sc(C)c(-c4ccccc4)c3c2=O)n1. The van der Waals surface area contributed by atoms with Crippen molar-refractivity contribution in [2.24, 2.45) is 0 Å². The summed E-state index contributed by atoms with van der Waals surface area (Å²) < 4.78 is 6.20. The van der Waals surface area contributed by atoms with Crippen molar-refractivity contribution in [3.8, 4) is 11.1 Å². The molecular formula is C22H20N4O4S2. The fourth-order valence-corrected chi connectivity index (χ4v) is 5.05. The summed E-state index contributed by atoms with van der Waals surface area (Å²) in [6.45, 7) is 3.80. The predicted molar refractivity (Wildman–Crippen MR) is 125 cm³/mol. The summed E-state index contributed by atoms with van der Waals surface area (Å²) in [7, 11) is 0. The molecule has 0 unspecified atom stereocenters. The largest absolute Gasteiger partial charge is 0.466 e. The van der Waals surface area contributed by atoms with Gasteiger partial charge in [-0.05, 0) is 19.4 Å². The van der Waals surface area contributed by atoms with Gasteiger partial charge < -0.3 is 10.1 Å². The highest BCUT2D eigenvalue weighted by atomic mass is 32.1. The van der Waals surface area contributed by atoms with Crippen LogP contribution >= 0.6 is 22.7 Å². The lowest BCUT2D eigenvalue weighted by atomic mass is 10.0. The first-order chi connectivity index (χ1) is 15.5. The lowest BCUT2D eigenvalue weighted by Crippen LogP contribution is -2.27. The monoisotopic (exact) mass is 468 g/mol. The number of thiazole rings is 1. The third kappa shape index (κ3) is 4.61. The lowest BCUT2D eigenvalue weighted by molar-refractivity contribution is -0.142. The van der Waals surface area contributed by atoms with E-state index in [2.05, 4.69) is 15.3 Å². The third-order valence-corrected chi connectivity index (χ3v) is 6.48. The maximum absolute atomic E-state index is 13.2. The molecule has 0 radical (unpaired) electrons. The fraction of sp³-hybridized carbons (Fsp3) is 0.227. The zero-order valence-corrected chi connectivity index (χ0v) is 19.1. The first-order valence-electron chi connectivity index (χ1n) is 9.90. The van der Waals surface area contributed by atoms with Crippen LogP contribution in [-0.4, -0.2) is 33.0 Å². The van der Waals surface area contributed by atoms with Crippen LogP contribution in [0.1, 0.15) is 17.5 Å². The Labute approximate surface area is 191 Å². The highest BCUT2D eigenvalue weighted by Crippen LogP contribution is 2.35. The molecule has 0 aliphatic rings. The summed E-state index contributed by atoms with van der Waals surface area (Å²) in [5, 5.41) is 5.23. The van der Waals surface area contributed by atoms with Gasteiger partial charge in [0.15, 0.2) is 5.13 Å². The van der Waals surface area contributed by atoms with Gasteiger partial charge in [0.2, 0.25) is 5.91 Å². The number of esters is 1. The Morgan fingerprint density at radius 1 is 1.22 bits per heavy atom. The van der Waals surface area contributed by atoms with E-state index < -0.39 is 5.91 Å². The second-order valence-corrected chi connectivity index (χ2v) is 8.99. The average Bonchev–Trinajstić information content (AvgIpc) is 3.34. The molecule has 0 aliphatic carbocycles. The van der Waals surface area contributed by atoms with Gasteiger partial charge >= 0.3 is 5.97 Å². The van der Waals surface area contributed by atoms with Gasteiger partial charge in [0.25, 0.3) is 5.56 Å². The smallest absolute Gasteiger partial charge is 0.311 e. The van der Waals surface area contributed by atoms with Crippen molar-refractivity contribution in [1.29, 1.82) is 0 Å². The molecule has 0 fully saturated rings. The van der Waals surface area contributed by atoms with Gasteiger partial charge in [-0.25, -0.2) is 9.97 Å². The minimum Gasteiger partial charge on any atom is -0.466 e. The van der Waals surface area contributed by atoms with Crippen molar-refractivity contribution < 1.29 is 14.3 Å². The molecular weight excluding hydrogens is 448 g/mol. The third-order valence-electron chi connectivity index (χ3n) is 4.66. The van der Waals surface area contributed by atoms with Crippen LogP contribution < -0.4 is 10.9 Å². The summed E-state index contributed by atoms with van der Waals surface area (Å²) in [5.41, 5.74) is 2.04. The number of anilines is 1. The van der Waals surface area contributed by atoms with E-state index in [1.807, 2.05) is 37.3 Å². The summed E-state index contributed by atoms with van der Waals surface area (Å²) in [4.78, 5) is 47.6. The van der Waals surface area contributed by atoms with Gasteiger partial charge in [0, 0.05) is 15.8 Å². The van der Waals surface area contributed by atoms with Crippen LogP contribution in [0.2, 0.25) is 0 Å². The Bertz CT molecular complexity index is 1340. The number of aromatic nitrogens is 3. The van der Waals surface area contributed by atoms with E-state index >= 15 is 0 Å². The normalized spacial score (nSPS) is 10.9. The second kappa shape index (κ2) is 9.41. The number of benzene rings is 1. The van der Waals surface area contributed by atoms with E-state index in [9.17, 15) is 14.4 Å². The van der Waals surface area contributed by atoms with Crippen LogP contribution in [0.5, 0.6) is 0 Å². The molecule has 1 amide bonds. The molecule has 1 aromatic carbocycles. The maximum atomic E-state index is 13.2. The summed E-state index contributed by atoms with van der Waals surface area (Å²) in [6, 6.07) is 9.67. The first kappa shape index (κ1) is 21.8. The van der Waals surface area contributed by atoms with Crippen molar-refractivity contribution in [3.63, 3.8) is 0 Å². The summed E-state index contributed by atoms with van der Waals surface area (Å²) in [6.07, 6.45) is 1.43. The van der Waals surface area contributed by atoms with Gasteiger partial charge in [-0.1, -0.05) is 30.3 Å². The number of nitrogens with one attached hydrogen (secondary N) is 1. The highest BCUT2D eigenvalue weighted by Gasteiger charge is 2.18. The molecule has 32 heavy (non-hydrogen) atoms. The Hall–Kier alpha value is -3.37. The Kier molecular flexibility index (Phi) is 6.42. The molecule has 4 rings (SSSR count). The van der Waals surface area contributed by atoms with Crippen molar-refractivity contribution >= 4 is 49.9 Å². The number of amides is 1. The molecule has 0 atom stereocenters. The van der Waals surface area contributed by atoms with Gasteiger partial charge in [0.05, 0.1) is 30.4 Å². The standard InChI is InChI=1S/C22H20N4O4S2/c1-3-30-17(28)9-15-11-31-22(24-15)25-16(27)10-26-12-23-20-19(21(26)29)18(13(2)32-20)14-7-5-4-6-8-14/h4-8,11-12H,3,9-10H2,1-2H3,(H,24,25,27). The molecule has 164 valence electrons. The number of fused-ring (bicyclic) bond motifs is 1. The summed E-state index contributed by atoms with van der Waals surface area (Å²) in [5.74, 6) is -0.777. The van der Waals surface area contributed by atoms with Crippen molar-refractivity contribution in [1.82, 2.24) is 14.5 Å². The second-order valence-electron chi connectivity index (χ2n) is 6.93. The number of ether oxygens (including phenoxy) is 1. The van der Waals surface area contributed by atoms with E-state index in [1.165, 1.54) is 33.6 Å². The number of hydrogen-bond donors (Lipinski definition) is 1. The lowest BCUT2D eigenvalue weighted by Gasteiger charge is -2.06. The maximum Gasteiger partial charge on any atom is 0.311 e. The van der Waals surface area contributed by atoms with E-state index in [4.69, 9.17) is 4.74 Å². The van der Waals surface area contributed by atoms with E-state index in [1.54, 1.807) is 12.3 Å². The van der Waals surface area contributed by atoms with E-state index in [0.717, 1.165) is 16.0 Å². The Morgan fingerprint density at radius 2 is 2.00 bits per heavy atom. The predicted octanol–water partition coefficient (Wildman–Crippen LogP) is 3.63. The number of carbonyl (C=O) groups excluding carboxylic acids is 2. The minimum absolute atomic E-state index is 0.0417. The molecule has 3 heterocycles. The molecule has 4 aromatic rings. The fourth-order valence-electron chi connectivity index (χ4n) is 3.32. The topological polar surface area (TPSA) is 103 Å². The molecule has 0 saturated carbocycles. The van der Waals surface area contributed by atoms with Gasteiger partial charge in [-0.3, -0.25) is 19.0 Å². The molecule has 0 bridgehead atoms. The number of hydrogen-bond acceptors (Lipinski definition) is 8. The number of thiophene rings is 1. The van der Waals surface area contributed by atoms with Gasteiger partial charge in [-0.15, -0.1) is 22.7 Å². The molecule has 3 aromatic heterocycles. The van der Waals surface area contributed by atoms with Crippen LogP contribution in [-0.2, 0) is 27.3 Å². The van der Waals surface area contributed by atoms with Gasteiger partial charge in [-0.2, -0.15) is 0 Å². The minimum atomic E-state index is -0.404. The van der Waals surface area contributed by atoms with E-state index in [0.29, 0.717) is 27.6 Å². The van der Waals surface area contributed by atoms with Crippen LogP contribution in [0.15, 0.2) is 46.8 Å². The van der Waals surface area contributed by atoms with Crippen LogP contribution in [0, 0.1) is 6.92 Å². The zero-order valence-electron chi connectivity index (χ0n) is 17.5. The Balaban J connectivity index is 1.54. The average molecular weight is 469 g/mol. The Morgan fingerprint density at radius 3 is 2.75 bits per heavy atom. The molecule has 10 heteroatoms. The summed E-state index contributed by atoms with van der Waals surface area (Å²) >= 11 is 2.66. The van der Waals surface area contributed by atoms with Gasteiger partial charge in [0.1, 0.15) is 11.4 Å². The molecule has 0 aliphatic heterocycles. The number of aryl methyl sites for hydroxylation is 1. The number of carbonyl (C=O) groups is 2. The van der Waals surface area contributed by atoms with Crippen LogP contribution in [0.3, 0.4) is 0 Å². The molecule has 0 saturated heterocycles. The molecule has 0 spiro atoms. The zero-order chi connectivity index (χ0) is 22.7. The van der Waals surface area contributed by atoms with E-state index in [-0.39, 0.29) is 24.5 Å². The number of nitrogens with zero attached hydrogens (tertiary/aromatic N) is 3. The highest BCUT2D eigenvalue weighted by molar-refractivity contribution is 7.19. The molecule has 8 nitrogen and oxygen atoms in total. The van der Waals surface area contributed by atoms with Crippen molar-refractivity contribution in [2.75, 3.05) is 11.9 Å². The van der Waals surface area contributed by atoms with Crippen molar-refractivity contribution in [3.05, 3.63) is 63.0 Å². The molecule has 1 N–H and O–H groups in total.